The van der Waals surface area contributed by atoms with Crippen LogP contribution in [0.4, 0.5) is 0 Å². The lowest BCUT2D eigenvalue weighted by Gasteiger charge is -2.22. The van der Waals surface area contributed by atoms with E-state index in [2.05, 4.69) is 20.9 Å². The highest BCUT2D eigenvalue weighted by molar-refractivity contribution is 7.99. The standard InChI is InChI=1S/C17H23N5OS/c1-20-9-6-19-17(20)24-14-16(23)22-8-3-7-21(10-11-22)13-15-4-2-5-18-12-15/h2,4-6,9,12H,3,7-8,10-11,13-14H2,1H3. The maximum absolute atomic E-state index is 12.5. The molecule has 1 amide bonds. The number of carbonyl (C=O) groups excluding carboxylic acids is 1. The zero-order valence-electron chi connectivity index (χ0n) is 14.0. The summed E-state index contributed by atoms with van der Waals surface area (Å²) >= 11 is 1.50. The third kappa shape index (κ3) is 4.58. The third-order valence-corrected chi connectivity index (χ3v) is 5.21. The number of nitrogens with zero attached hydrogens (tertiary/aromatic N) is 5. The van der Waals surface area contributed by atoms with Crippen LogP contribution in [0.25, 0.3) is 0 Å². The summed E-state index contributed by atoms with van der Waals surface area (Å²) < 4.78 is 1.94. The van der Waals surface area contributed by atoms with Crippen LogP contribution in [0.1, 0.15) is 12.0 Å². The molecule has 1 fully saturated rings. The first kappa shape index (κ1) is 17.0. The molecule has 3 heterocycles. The molecule has 3 rings (SSSR count). The van der Waals surface area contributed by atoms with Crippen molar-refractivity contribution in [3.63, 3.8) is 0 Å². The minimum Gasteiger partial charge on any atom is -0.341 e. The maximum Gasteiger partial charge on any atom is 0.233 e. The maximum atomic E-state index is 12.5. The highest BCUT2D eigenvalue weighted by Crippen LogP contribution is 2.16. The molecule has 0 aliphatic carbocycles. The summed E-state index contributed by atoms with van der Waals surface area (Å²) in [5.41, 5.74) is 1.22. The van der Waals surface area contributed by atoms with Crippen LogP contribution in [0.15, 0.2) is 42.1 Å². The molecular weight excluding hydrogens is 322 g/mol. The molecule has 0 spiro atoms. The first-order chi connectivity index (χ1) is 11.7. The van der Waals surface area contributed by atoms with Crippen molar-refractivity contribution in [2.24, 2.45) is 7.05 Å². The van der Waals surface area contributed by atoms with Crippen LogP contribution < -0.4 is 0 Å². The van der Waals surface area contributed by atoms with Crippen molar-refractivity contribution in [3.8, 4) is 0 Å². The van der Waals surface area contributed by atoms with Gasteiger partial charge in [0.1, 0.15) is 0 Å². The average molecular weight is 345 g/mol. The molecule has 6 nitrogen and oxygen atoms in total. The average Bonchev–Trinajstić information content (AvgIpc) is 2.86. The molecule has 0 saturated carbocycles. The lowest BCUT2D eigenvalue weighted by molar-refractivity contribution is -0.128. The molecule has 1 saturated heterocycles. The molecule has 0 aromatic carbocycles. The van der Waals surface area contributed by atoms with Crippen molar-refractivity contribution in [1.82, 2.24) is 24.3 Å². The van der Waals surface area contributed by atoms with Gasteiger partial charge in [0.2, 0.25) is 5.91 Å². The summed E-state index contributed by atoms with van der Waals surface area (Å²) in [5, 5.41) is 0.886. The van der Waals surface area contributed by atoms with E-state index in [9.17, 15) is 4.79 Å². The largest absolute Gasteiger partial charge is 0.341 e. The van der Waals surface area contributed by atoms with Gasteiger partial charge < -0.3 is 9.47 Å². The van der Waals surface area contributed by atoms with Crippen molar-refractivity contribution in [1.29, 1.82) is 0 Å². The smallest absolute Gasteiger partial charge is 0.233 e. The lowest BCUT2D eigenvalue weighted by atomic mass is 10.2. The van der Waals surface area contributed by atoms with Gasteiger partial charge in [-0.25, -0.2) is 4.98 Å². The minimum atomic E-state index is 0.200. The number of imidazole rings is 1. The lowest BCUT2D eigenvalue weighted by Crippen LogP contribution is -2.36. The van der Waals surface area contributed by atoms with Crippen molar-refractivity contribution in [2.75, 3.05) is 31.9 Å². The Labute approximate surface area is 146 Å². The summed E-state index contributed by atoms with van der Waals surface area (Å²) in [6.45, 7) is 4.46. The number of rotatable bonds is 5. The second kappa shape index (κ2) is 8.30. The second-order valence-electron chi connectivity index (χ2n) is 5.98. The van der Waals surface area contributed by atoms with Crippen molar-refractivity contribution < 1.29 is 4.79 Å². The number of hydrogen-bond acceptors (Lipinski definition) is 5. The van der Waals surface area contributed by atoms with E-state index in [1.54, 1.807) is 12.4 Å². The normalized spacial score (nSPS) is 16.1. The zero-order valence-corrected chi connectivity index (χ0v) is 14.8. The van der Waals surface area contributed by atoms with Crippen LogP contribution >= 0.6 is 11.8 Å². The molecular formula is C17H23N5OS. The van der Waals surface area contributed by atoms with Crippen LogP contribution in [0.5, 0.6) is 0 Å². The molecule has 0 N–H and O–H groups in total. The number of amides is 1. The van der Waals surface area contributed by atoms with E-state index in [0.717, 1.165) is 44.3 Å². The first-order valence-corrected chi connectivity index (χ1v) is 9.20. The molecule has 1 aliphatic rings. The number of carbonyl (C=O) groups is 1. The van der Waals surface area contributed by atoms with E-state index in [4.69, 9.17) is 0 Å². The van der Waals surface area contributed by atoms with Crippen LogP contribution in [0, 0.1) is 0 Å². The Morgan fingerprint density at radius 1 is 1.25 bits per heavy atom. The molecule has 2 aromatic rings. The van der Waals surface area contributed by atoms with Gasteiger partial charge >= 0.3 is 0 Å². The Morgan fingerprint density at radius 3 is 2.92 bits per heavy atom. The van der Waals surface area contributed by atoms with Crippen molar-refractivity contribution in [3.05, 3.63) is 42.5 Å². The highest BCUT2D eigenvalue weighted by Gasteiger charge is 2.19. The predicted molar refractivity (Wildman–Crippen MR) is 94.6 cm³/mol. The van der Waals surface area contributed by atoms with E-state index >= 15 is 0 Å². The fourth-order valence-corrected chi connectivity index (χ4v) is 3.67. The molecule has 0 radical (unpaired) electrons. The number of aryl methyl sites for hydroxylation is 1. The summed E-state index contributed by atoms with van der Waals surface area (Å²) in [7, 11) is 1.95. The Hall–Kier alpha value is -1.86. The molecule has 2 aromatic heterocycles. The van der Waals surface area contributed by atoms with E-state index in [1.165, 1.54) is 17.3 Å². The minimum absolute atomic E-state index is 0.200. The van der Waals surface area contributed by atoms with Gasteiger partial charge in [-0.05, 0) is 18.1 Å². The van der Waals surface area contributed by atoms with Gasteiger partial charge in [-0.15, -0.1) is 0 Å². The SMILES string of the molecule is Cn1ccnc1SCC(=O)N1CCCN(Cc2cccnc2)CC1. The second-order valence-corrected chi connectivity index (χ2v) is 6.92. The highest BCUT2D eigenvalue weighted by atomic mass is 32.2. The van der Waals surface area contributed by atoms with Crippen LogP contribution in [0.3, 0.4) is 0 Å². The Bertz CT molecular complexity index is 660. The monoisotopic (exact) mass is 345 g/mol. The van der Waals surface area contributed by atoms with Gasteiger partial charge in [0.15, 0.2) is 5.16 Å². The van der Waals surface area contributed by atoms with E-state index in [-0.39, 0.29) is 5.91 Å². The number of aromatic nitrogens is 3. The zero-order chi connectivity index (χ0) is 16.8. The van der Waals surface area contributed by atoms with Crippen molar-refractivity contribution >= 4 is 17.7 Å². The van der Waals surface area contributed by atoms with Crippen LogP contribution in [-0.4, -0.2) is 62.2 Å². The summed E-state index contributed by atoms with van der Waals surface area (Å²) in [6.07, 6.45) is 8.38. The molecule has 0 unspecified atom stereocenters. The predicted octanol–water partition coefficient (Wildman–Crippen LogP) is 1.64. The molecule has 0 atom stereocenters. The summed E-state index contributed by atoms with van der Waals surface area (Å²) in [6, 6.07) is 4.07. The molecule has 0 bridgehead atoms. The van der Waals surface area contributed by atoms with E-state index < -0.39 is 0 Å². The summed E-state index contributed by atoms with van der Waals surface area (Å²) in [4.78, 5) is 25.3. The van der Waals surface area contributed by atoms with Gasteiger partial charge in [0.05, 0.1) is 5.75 Å². The number of pyridine rings is 1. The fourth-order valence-electron chi connectivity index (χ4n) is 2.84. The Morgan fingerprint density at radius 2 is 2.17 bits per heavy atom. The molecule has 128 valence electrons. The molecule has 7 heteroatoms. The van der Waals surface area contributed by atoms with Gasteiger partial charge in [-0.1, -0.05) is 17.8 Å². The van der Waals surface area contributed by atoms with Crippen LogP contribution in [0.2, 0.25) is 0 Å². The topological polar surface area (TPSA) is 54.3 Å². The van der Waals surface area contributed by atoms with Gasteiger partial charge in [0, 0.05) is 64.6 Å². The quantitative estimate of drug-likeness (QED) is 0.771. The van der Waals surface area contributed by atoms with E-state index in [1.807, 2.05) is 35.0 Å². The fraction of sp³-hybridized carbons (Fsp3) is 0.471. The molecule has 24 heavy (non-hydrogen) atoms. The van der Waals surface area contributed by atoms with Gasteiger partial charge in [0.25, 0.3) is 0 Å². The van der Waals surface area contributed by atoms with Crippen molar-refractivity contribution in [2.45, 2.75) is 18.1 Å². The molecule has 1 aliphatic heterocycles. The summed E-state index contributed by atoms with van der Waals surface area (Å²) in [5.74, 6) is 0.652. The van der Waals surface area contributed by atoms with E-state index in [0.29, 0.717) is 5.75 Å². The van der Waals surface area contributed by atoms with Gasteiger partial charge in [-0.2, -0.15) is 0 Å². The number of thioether (sulfide) groups is 1. The third-order valence-electron chi connectivity index (χ3n) is 4.17. The Balaban J connectivity index is 1.48. The Kier molecular flexibility index (Phi) is 5.87. The first-order valence-electron chi connectivity index (χ1n) is 8.21. The number of hydrogen-bond donors (Lipinski definition) is 0. The van der Waals surface area contributed by atoms with Crippen LogP contribution in [-0.2, 0) is 18.4 Å². The van der Waals surface area contributed by atoms with Gasteiger partial charge in [-0.3, -0.25) is 14.7 Å².